The quantitative estimate of drug-likeness (QED) is 0.387. The minimum absolute atomic E-state index is 0.174. The standard InChI is InChI=1S/C32H41FN6O3/c1-9-20(2)27(24-15-26(33)29-34-22(4)16-37(29)17-24)35-28-21(3)14-25(18-38(28)23(5)40)36-12-13-39(32(19-36)10-11-32)30(41)42-31(6,7)8/h14-18H,9-13,19H2,1-8H3/b27-20+,35-28?. The Morgan fingerprint density at radius 2 is 1.81 bits per heavy atom. The molecule has 2 fully saturated rings. The molecule has 3 aromatic heterocycles. The molecule has 2 aliphatic rings. The molecule has 3 aromatic rings. The highest BCUT2D eigenvalue weighted by Crippen LogP contribution is 2.45. The molecule has 10 heteroatoms. The van der Waals surface area contributed by atoms with Crippen LogP contribution < -0.4 is 10.4 Å². The number of aromatic nitrogens is 3. The van der Waals surface area contributed by atoms with E-state index in [1.807, 2.05) is 71.8 Å². The van der Waals surface area contributed by atoms with Gasteiger partial charge in [-0.15, -0.1) is 0 Å². The van der Waals surface area contributed by atoms with E-state index < -0.39 is 11.4 Å². The molecule has 9 nitrogen and oxygen atoms in total. The second kappa shape index (κ2) is 10.7. The predicted octanol–water partition coefficient (Wildman–Crippen LogP) is 5.88. The summed E-state index contributed by atoms with van der Waals surface area (Å²) in [5.74, 6) is -0.601. The van der Waals surface area contributed by atoms with Gasteiger partial charge in [-0.1, -0.05) is 6.92 Å². The second-order valence-electron chi connectivity index (χ2n) is 12.7. The molecule has 1 spiro atoms. The van der Waals surface area contributed by atoms with E-state index in [1.54, 1.807) is 15.2 Å². The monoisotopic (exact) mass is 576 g/mol. The number of hydrogen-bond acceptors (Lipinski definition) is 6. The van der Waals surface area contributed by atoms with E-state index in [0.29, 0.717) is 42.8 Å². The maximum absolute atomic E-state index is 15.1. The number of hydrogen-bond donors (Lipinski definition) is 0. The number of aryl methyl sites for hydroxylation is 2. The van der Waals surface area contributed by atoms with Crippen LogP contribution in [-0.4, -0.2) is 61.6 Å². The first-order chi connectivity index (χ1) is 19.7. The van der Waals surface area contributed by atoms with Gasteiger partial charge in [0, 0.05) is 50.7 Å². The number of amides is 1. The number of nitrogens with zero attached hydrogens (tertiary/aromatic N) is 6. The molecule has 0 bridgehead atoms. The highest BCUT2D eigenvalue weighted by Gasteiger charge is 2.54. The van der Waals surface area contributed by atoms with Crippen LogP contribution in [0.15, 0.2) is 41.3 Å². The number of ether oxygens (including phenoxy) is 1. The predicted molar refractivity (Wildman–Crippen MR) is 161 cm³/mol. The zero-order valence-electron chi connectivity index (χ0n) is 25.9. The molecule has 4 heterocycles. The molecule has 0 radical (unpaired) electrons. The lowest BCUT2D eigenvalue weighted by molar-refractivity contribution is 0.0106. The lowest BCUT2D eigenvalue weighted by Crippen LogP contribution is -2.58. The minimum atomic E-state index is -0.549. The van der Waals surface area contributed by atoms with Crippen molar-refractivity contribution >= 4 is 29.0 Å². The molecule has 1 aliphatic carbocycles. The van der Waals surface area contributed by atoms with Crippen LogP contribution in [0, 0.1) is 19.7 Å². The van der Waals surface area contributed by atoms with E-state index in [1.165, 1.54) is 13.0 Å². The van der Waals surface area contributed by atoms with E-state index in [2.05, 4.69) is 9.88 Å². The lowest BCUT2D eigenvalue weighted by Gasteiger charge is -2.43. The van der Waals surface area contributed by atoms with Crippen molar-refractivity contribution in [2.75, 3.05) is 24.5 Å². The Labute approximate surface area is 246 Å². The van der Waals surface area contributed by atoms with Gasteiger partial charge in [0.25, 0.3) is 0 Å². The number of carbonyl (C=O) groups is 2. The average molecular weight is 577 g/mol. The third kappa shape index (κ3) is 5.71. The highest BCUT2D eigenvalue weighted by atomic mass is 19.1. The summed E-state index contributed by atoms with van der Waals surface area (Å²) >= 11 is 0. The number of pyridine rings is 2. The van der Waals surface area contributed by atoms with Crippen molar-refractivity contribution in [1.29, 1.82) is 0 Å². The number of piperazine rings is 1. The normalized spacial score (nSPS) is 17.6. The van der Waals surface area contributed by atoms with E-state index >= 15 is 4.39 Å². The number of halogens is 1. The summed E-state index contributed by atoms with van der Waals surface area (Å²) in [4.78, 5) is 39.3. The van der Waals surface area contributed by atoms with Crippen molar-refractivity contribution in [1.82, 2.24) is 18.9 Å². The van der Waals surface area contributed by atoms with Crippen molar-refractivity contribution in [3.63, 3.8) is 0 Å². The summed E-state index contributed by atoms with van der Waals surface area (Å²) in [6.07, 6.45) is 7.73. The molecule has 0 atom stereocenters. The van der Waals surface area contributed by atoms with Gasteiger partial charge in [0.1, 0.15) is 11.1 Å². The SMILES string of the molecule is CC/C(C)=C(/N=c1c(C)cc(N2CCN(C(=O)OC(C)(C)C)C3(CC3)C2)cn1C(C)=O)c1cc(F)c2nc(C)cn2c1. The molecule has 1 amide bonds. The lowest BCUT2D eigenvalue weighted by atomic mass is 10.1. The first kappa shape index (κ1) is 29.5. The summed E-state index contributed by atoms with van der Waals surface area (Å²) in [5, 5.41) is 0. The number of fused-ring (bicyclic) bond motifs is 1. The zero-order chi connectivity index (χ0) is 30.6. The molecule has 0 N–H and O–H groups in total. The molecule has 5 rings (SSSR count). The number of carbonyl (C=O) groups excluding carboxylic acids is 2. The maximum Gasteiger partial charge on any atom is 0.410 e. The molecular formula is C32H41FN6O3. The summed E-state index contributed by atoms with van der Waals surface area (Å²) in [6, 6.07) is 3.50. The first-order valence-corrected chi connectivity index (χ1v) is 14.6. The van der Waals surface area contributed by atoms with Crippen molar-refractivity contribution in [3.8, 4) is 0 Å². The first-order valence-electron chi connectivity index (χ1n) is 14.6. The molecule has 42 heavy (non-hydrogen) atoms. The number of rotatable bonds is 4. The van der Waals surface area contributed by atoms with Gasteiger partial charge < -0.3 is 14.0 Å². The topological polar surface area (TPSA) is 84.4 Å². The molecule has 1 saturated heterocycles. The Kier molecular flexibility index (Phi) is 7.53. The molecule has 0 unspecified atom stereocenters. The summed E-state index contributed by atoms with van der Waals surface area (Å²) < 4.78 is 24.0. The van der Waals surface area contributed by atoms with Crippen molar-refractivity contribution in [3.05, 3.63) is 64.4 Å². The van der Waals surface area contributed by atoms with Crippen molar-refractivity contribution in [2.24, 2.45) is 4.99 Å². The molecule has 0 aromatic carbocycles. The van der Waals surface area contributed by atoms with Crippen LogP contribution in [0.1, 0.15) is 82.4 Å². The third-order valence-corrected chi connectivity index (χ3v) is 8.06. The van der Waals surface area contributed by atoms with Gasteiger partial charge in [0.2, 0.25) is 5.91 Å². The van der Waals surface area contributed by atoms with E-state index in [4.69, 9.17) is 9.73 Å². The van der Waals surface area contributed by atoms with Crippen molar-refractivity contribution in [2.45, 2.75) is 85.8 Å². The maximum atomic E-state index is 15.1. The summed E-state index contributed by atoms with van der Waals surface area (Å²) in [7, 11) is 0. The molecular weight excluding hydrogens is 535 g/mol. The Morgan fingerprint density at radius 3 is 2.43 bits per heavy atom. The zero-order valence-corrected chi connectivity index (χ0v) is 25.9. The van der Waals surface area contributed by atoms with Gasteiger partial charge in [-0.05, 0) is 84.1 Å². The number of anilines is 1. The number of allylic oxidation sites excluding steroid dienone is 1. The fourth-order valence-electron chi connectivity index (χ4n) is 5.62. The van der Waals surface area contributed by atoms with Crippen molar-refractivity contribution < 1.29 is 18.7 Å². The van der Waals surface area contributed by atoms with Gasteiger partial charge in [0.15, 0.2) is 11.5 Å². The van der Waals surface area contributed by atoms with Crippen LogP contribution in [0.2, 0.25) is 0 Å². The van der Waals surface area contributed by atoms with Crippen LogP contribution in [0.5, 0.6) is 0 Å². The molecule has 1 saturated carbocycles. The van der Waals surface area contributed by atoms with Gasteiger partial charge in [-0.3, -0.25) is 14.3 Å². The Hall–Kier alpha value is -3.95. The van der Waals surface area contributed by atoms with Gasteiger partial charge >= 0.3 is 6.09 Å². The van der Waals surface area contributed by atoms with Crippen LogP contribution >= 0.6 is 0 Å². The smallest absolute Gasteiger partial charge is 0.410 e. The van der Waals surface area contributed by atoms with Gasteiger partial charge in [0.05, 0.1) is 22.6 Å². The highest BCUT2D eigenvalue weighted by molar-refractivity contribution is 5.78. The summed E-state index contributed by atoms with van der Waals surface area (Å²) in [5.41, 5.74) is 4.63. The molecule has 224 valence electrons. The van der Waals surface area contributed by atoms with Gasteiger partial charge in [-0.25, -0.2) is 19.2 Å². The van der Waals surface area contributed by atoms with E-state index in [0.717, 1.165) is 35.4 Å². The average Bonchev–Trinajstić information content (AvgIpc) is 3.54. The minimum Gasteiger partial charge on any atom is -0.444 e. The third-order valence-electron chi connectivity index (χ3n) is 8.06. The van der Waals surface area contributed by atoms with Crippen LogP contribution in [0.3, 0.4) is 0 Å². The number of imidazole rings is 1. The second-order valence-corrected chi connectivity index (χ2v) is 12.7. The summed E-state index contributed by atoms with van der Waals surface area (Å²) in [6.45, 7) is 16.8. The van der Waals surface area contributed by atoms with E-state index in [9.17, 15) is 9.59 Å². The van der Waals surface area contributed by atoms with Gasteiger partial charge in [-0.2, -0.15) is 0 Å². The Bertz CT molecular complexity index is 1670. The fraction of sp³-hybridized carbons (Fsp3) is 0.500. The van der Waals surface area contributed by atoms with Crippen LogP contribution in [-0.2, 0) is 4.74 Å². The molecule has 1 aliphatic heterocycles. The van der Waals surface area contributed by atoms with Crippen LogP contribution in [0.4, 0.5) is 14.9 Å². The Balaban J connectivity index is 1.53. The Morgan fingerprint density at radius 1 is 1.10 bits per heavy atom. The largest absolute Gasteiger partial charge is 0.444 e. The van der Waals surface area contributed by atoms with Crippen LogP contribution in [0.25, 0.3) is 11.3 Å². The van der Waals surface area contributed by atoms with E-state index in [-0.39, 0.29) is 23.2 Å². The fourth-order valence-corrected chi connectivity index (χ4v) is 5.62.